The van der Waals surface area contributed by atoms with Crippen molar-refractivity contribution in [2.75, 3.05) is 13.1 Å². The lowest BCUT2D eigenvalue weighted by atomic mass is 9.91. The quantitative estimate of drug-likeness (QED) is 0.738. The monoisotopic (exact) mass is 222 g/mol. The molecule has 1 saturated carbocycles. The second-order valence-electron chi connectivity index (χ2n) is 5.76. The molecule has 1 N–H and O–H groups in total. The van der Waals surface area contributed by atoms with Crippen molar-refractivity contribution in [1.82, 2.24) is 10.2 Å². The molecule has 2 aliphatic rings. The number of hydrogen-bond acceptors (Lipinski definition) is 2. The molecule has 0 bridgehead atoms. The van der Waals surface area contributed by atoms with Crippen LogP contribution in [-0.2, 0) is 0 Å². The van der Waals surface area contributed by atoms with E-state index in [0.717, 1.165) is 13.0 Å². The third kappa shape index (κ3) is 2.33. The SMILES string of the molecule is C=CCC(C)N1CC2(CCCC2)NCC1C. The third-order valence-corrected chi connectivity index (χ3v) is 4.46. The van der Waals surface area contributed by atoms with Gasteiger partial charge in [0, 0.05) is 30.7 Å². The minimum Gasteiger partial charge on any atom is -0.308 e. The molecule has 1 aliphatic heterocycles. The largest absolute Gasteiger partial charge is 0.308 e. The zero-order valence-corrected chi connectivity index (χ0v) is 10.8. The molecule has 1 aliphatic carbocycles. The number of hydrogen-bond donors (Lipinski definition) is 1. The van der Waals surface area contributed by atoms with Crippen LogP contribution in [0.3, 0.4) is 0 Å². The van der Waals surface area contributed by atoms with Crippen LogP contribution < -0.4 is 5.32 Å². The van der Waals surface area contributed by atoms with Crippen molar-refractivity contribution in [2.45, 2.75) is 63.6 Å². The van der Waals surface area contributed by atoms with Gasteiger partial charge in [0.15, 0.2) is 0 Å². The van der Waals surface area contributed by atoms with Gasteiger partial charge in [-0.3, -0.25) is 4.90 Å². The fourth-order valence-electron chi connectivity index (χ4n) is 3.40. The van der Waals surface area contributed by atoms with Crippen LogP contribution in [0.4, 0.5) is 0 Å². The Morgan fingerprint density at radius 3 is 2.81 bits per heavy atom. The zero-order valence-electron chi connectivity index (χ0n) is 10.8. The average Bonchev–Trinajstić information content (AvgIpc) is 2.71. The van der Waals surface area contributed by atoms with E-state index in [-0.39, 0.29) is 0 Å². The Morgan fingerprint density at radius 2 is 2.19 bits per heavy atom. The Morgan fingerprint density at radius 1 is 1.50 bits per heavy atom. The topological polar surface area (TPSA) is 15.3 Å². The van der Waals surface area contributed by atoms with Crippen LogP contribution in [0, 0.1) is 0 Å². The van der Waals surface area contributed by atoms with E-state index in [0.29, 0.717) is 17.6 Å². The van der Waals surface area contributed by atoms with E-state index in [1.165, 1.54) is 32.2 Å². The molecule has 1 heterocycles. The maximum Gasteiger partial charge on any atom is 0.0309 e. The lowest BCUT2D eigenvalue weighted by Crippen LogP contribution is -2.64. The van der Waals surface area contributed by atoms with Crippen molar-refractivity contribution < 1.29 is 0 Å². The standard InChI is InChI=1S/C14H26N2/c1-4-7-12(2)16-11-14(8-5-6-9-14)15-10-13(16)3/h4,12-13,15H,1,5-11H2,2-3H3. The van der Waals surface area contributed by atoms with Gasteiger partial charge in [-0.15, -0.1) is 6.58 Å². The molecule has 2 atom stereocenters. The fourth-order valence-corrected chi connectivity index (χ4v) is 3.40. The molecule has 2 unspecified atom stereocenters. The lowest BCUT2D eigenvalue weighted by molar-refractivity contribution is 0.0577. The summed E-state index contributed by atoms with van der Waals surface area (Å²) >= 11 is 0. The van der Waals surface area contributed by atoms with Crippen molar-refractivity contribution in [2.24, 2.45) is 0 Å². The van der Waals surface area contributed by atoms with Crippen molar-refractivity contribution in [3.05, 3.63) is 12.7 Å². The Hall–Kier alpha value is -0.340. The first-order chi connectivity index (χ1) is 7.67. The summed E-state index contributed by atoms with van der Waals surface area (Å²) in [7, 11) is 0. The molecular formula is C14H26N2. The van der Waals surface area contributed by atoms with E-state index in [9.17, 15) is 0 Å². The van der Waals surface area contributed by atoms with Crippen LogP contribution in [-0.4, -0.2) is 35.6 Å². The summed E-state index contributed by atoms with van der Waals surface area (Å²) in [4.78, 5) is 2.68. The normalized spacial score (nSPS) is 31.8. The molecule has 2 heteroatoms. The van der Waals surface area contributed by atoms with E-state index in [1.54, 1.807) is 0 Å². The molecule has 92 valence electrons. The van der Waals surface area contributed by atoms with Gasteiger partial charge in [0.05, 0.1) is 0 Å². The van der Waals surface area contributed by atoms with E-state index < -0.39 is 0 Å². The molecule has 0 amide bonds. The summed E-state index contributed by atoms with van der Waals surface area (Å²) in [5.41, 5.74) is 0.446. The first kappa shape index (κ1) is 12.1. The predicted octanol–water partition coefficient (Wildman–Crippen LogP) is 2.56. The zero-order chi connectivity index (χ0) is 11.6. The Labute approximate surface area is 100 Å². The highest BCUT2D eigenvalue weighted by Crippen LogP contribution is 2.34. The third-order valence-electron chi connectivity index (χ3n) is 4.46. The van der Waals surface area contributed by atoms with Crippen LogP contribution >= 0.6 is 0 Å². The number of nitrogens with zero attached hydrogens (tertiary/aromatic N) is 1. The van der Waals surface area contributed by atoms with E-state index in [4.69, 9.17) is 0 Å². The number of nitrogens with one attached hydrogen (secondary N) is 1. The van der Waals surface area contributed by atoms with Crippen molar-refractivity contribution in [1.29, 1.82) is 0 Å². The van der Waals surface area contributed by atoms with Gasteiger partial charge in [0.2, 0.25) is 0 Å². The second kappa shape index (κ2) is 4.89. The minimum absolute atomic E-state index is 0.446. The van der Waals surface area contributed by atoms with Gasteiger partial charge in [0.1, 0.15) is 0 Å². The van der Waals surface area contributed by atoms with Crippen LogP contribution in [0.25, 0.3) is 0 Å². The average molecular weight is 222 g/mol. The molecule has 0 aromatic carbocycles. The summed E-state index contributed by atoms with van der Waals surface area (Å²) in [6, 6.07) is 1.31. The highest BCUT2D eigenvalue weighted by Gasteiger charge is 2.40. The van der Waals surface area contributed by atoms with Gasteiger partial charge in [0.25, 0.3) is 0 Å². The first-order valence-corrected chi connectivity index (χ1v) is 6.78. The Kier molecular flexibility index (Phi) is 3.70. The molecule has 0 aromatic rings. The maximum absolute atomic E-state index is 3.87. The summed E-state index contributed by atoms with van der Waals surface area (Å²) in [6.45, 7) is 10.9. The van der Waals surface area contributed by atoms with Gasteiger partial charge in [-0.05, 0) is 33.1 Å². The summed E-state index contributed by atoms with van der Waals surface area (Å²) in [5, 5.41) is 3.80. The highest BCUT2D eigenvalue weighted by atomic mass is 15.3. The van der Waals surface area contributed by atoms with E-state index in [2.05, 4.69) is 36.7 Å². The van der Waals surface area contributed by atoms with Crippen LogP contribution in [0.15, 0.2) is 12.7 Å². The maximum atomic E-state index is 3.87. The summed E-state index contributed by atoms with van der Waals surface area (Å²) in [5.74, 6) is 0. The van der Waals surface area contributed by atoms with Gasteiger partial charge < -0.3 is 5.32 Å². The lowest BCUT2D eigenvalue weighted by Gasteiger charge is -2.47. The smallest absolute Gasteiger partial charge is 0.0309 e. The van der Waals surface area contributed by atoms with Crippen LogP contribution in [0.2, 0.25) is 0 Å². The Balaban J connectivity index is 2.02. The van der Waals surface area contributed by atoms with Crippen molar-refractivity contribution in [3.8, 4) is 0 Å². The molecule has 0 aromatic heterocycles. The van der Waals surface area contributed by atoms with Crippen molar-refractivity contribution >= 4 is 0 Å². The van der Waals surface area contributed by atoms with E-state index in [1.807, 2.05) is 0 Å². The van der Waals surface area contributed by atoms with Gasteiger partial charge >= 0.3 is 0 Å². The molecule has 1 spiro atoms. The summed E-state index contributed by atoms with van der Waals surface area (Å²) in [6.07, 6.45) is 8.73. The molecule has 2 fully saturated rings. The summed E-state index contributed by atoms with van der Waals surface area (Å²) < 4.78 is 0. The predicted molar refractivity (Wildman–Crippen MR) is 69.6 cm³/mol. The van der Waals surface area contributed by atoms with Gasteiger partial charge in [-0.25, -0.2) is 0 Å². The van der Waals surface area contributed by atoms with Gasteiger partial charge in [-0.1, -0.05) is 18.9 Å². The number of piperazine rings is 1. The number of rotatable bonds is 3. The molecule has 0 radical (unpaired) electrons. The highest BCUT2D eigenvalue weighted by molar-refractivity contribution is 5.01. The molecule has 2 rings (SSSR count). The minimum atomic E-state index is 0.446. The molecule has 1 saturated heterocycles. The van der Waals surface area contributed by atoms with Gasteiger partial charge in [-0.2, -0.15) is 0 Å². The van der Waals surface area contributed by atoms with Crippen LogP contribution in [0.1, 0.15) is 46.0 Å². The van der Waals surface area contributed by atoms with Crippen LogP contribution in [0.5, 0.6) is 0 Å². The van der Waals surface area contributed by atoms with E-state index >= 15 is 0 Å². The fraction of sp³-hybridized carbons (Fsp3) is 0.857. The molecule has 2 nitrogen and oxygen atoms in total. The second-order valence-corrected chi connectivity index (χ2v) is 5.76. The van der Waals surface area contributed by atoms with Crippen molar-refractivity contribution in [3.63, 3.8) is 0 Å². The molecular weight excluding hydrogens is 196 g/mol. The first-order valence-electron chi connectivity index (χ1n) is 6.78. The Bertz CT molecular complexity index is 243. The molecule has 16 heavy (non-hydrogen) atoms.